The van der Waals surface area contributed by atoms with Crippen molar-refractivity contribution in [3.63, 3.8) is 0 Å². The fourth-order valence-electron chi connectivity index (χ4n) is 1.62. The second kappa shape index (κ2) is 5.85. The van der Waals surface area contributed by atoms with Gasteiger partial charge in [0.25, 0.3) is 0 Å². The standard InChI is InChI=1S/C12H13FN2O2/c1-2-15(8-4-7-14)11-9(12(16)17)5-3-6-10(11)13/h3,5-6H,2,4,8H2,1H3,(H,16,17). The number of para-hydroxylation sites is 1. The van der Waals surface area contributed by atoms with E-state index in [1.54, 1.807) is 11.8 Å². The Morgan fingerprint density at radius 2 is 2.29 bits per heavy atom. The van der Waals surface area contributed by atoms with Crippen LogP contribution in [0, 0.1) is 17.1 Å². The molecule has 0 bridgehead atoms. The Morgan fingerprint density at radius 3 is 2.82 bits per heavy atom. The SMILES string of the molecule is CCN(CCC#N)c1c(F)cccc1C(=O)O. The van der Waals surface area contributed by atoms with Gasteiger partial charge in [0.05, 0.1) is 23.7 Å². The first kappa shape index (κ1) is 13.0. The Bertz CT molecular complexity index is 454. The van der Waals surface area contributed by atoms with Gasteiger partial charge in [-0.25, -0.2) is 9.18 Å². The summed E-state index contributed by atoms with van der Waals surface area (Å²) in [6.07, 6.45) is 0.223. The number of rotatable bonds is 5. The monoisotopic (exact) mass is 236 g/mol. The minimum absolute atomic E-state index is 0.0535. The molecule has 4 nitrogen and oxygen atoms in total. The molecule has 0 amide bonds. The first-order valence-electron chi connectivity index (χ1n) is 5.25. The van der Waals surface area contributed by atoms with Crippen LogP contribution in [0.2, 0.25) is 0 Å². The van der Waals surface area contributed by atoms with Crippen molar-refractivity contribution in [3.05, 3.63) is 29.6 Å². The van der Waals surface area contributed by atoms with Gasteiger partial charge in [-0.3, -0.25) is 0 Å². The number of hydrogen-bond acceptors (Lipinski definition) is 3. The van der Waals surface area contributed by atoms with Crippen LogP contribution in [-0.2, 0) is 0 Å². The summed E-state index contributed by atoms with van der Waals surface area (Å²) >= 11 is 0. The zero-order valence-electron chi connectivity index (χ0n) is 9.48. The van der Waals surface area contributed by atoms with Crippen molar-refractivity contribution in [2.45, 2.75) is 13.3 Å². The molecule has 0 radical (unpaired) electrons. The van der Waals surface area contributed by atoms with E-state index in [4.69, 9.17) is 10.4 Å². The molecule has 0 atom stereocenters. The molecule has 90 valence electrons. The van der Waals surface area contributed by atoms with Gasteiger partial charge in [-0.15, -0.1) is 0 Å². The lowest BCUT2D eigenvalue weighted by atomic mass is 10.1. The number of nitriles is 1. The highest BCUT2D eigenvalue weighted by Crippen LogP contribution is 2.24. The molecule has 0 aliphatic rings. The van der Waals surface area contributed by atoms with E-state index in [9.17, 15) is 9.18 Å². The van der Waals surface area contributed by atoms with Crippen LogP contribution >= 0.6 is 0 Å². The molecule has 0 aliphatic carbocycles. The fourth-order valence-corrected chi connectivity index (χ4v) is 1.62. The molecule has 1 rings (SSSR count). The minimum Gasteiger partial charge on any atom is -0.478 e. The predicted molar refractivity (Wildman–Crippen MR) is 61.5 cm³/mol. The maximum atomic E-state index is 13.7. The van der Waals surface area contributed by atoms with Crippen molar-refractivity contribution in [1.29, 1.82) is 5.26 Å². The van der Waals surface area contributed by atoms with Gasteiger partial charge in [0.1, 0.15) is 5.82 Å². The van der Waals surface area contributed by atoms with E-state index in [2.05, 4.69) is 0 Å². The quantitative estimate of drug-likeness (QED) is 0.851. The maximum Gasteiger partial charge on any atom is 0.337 e. The lowest BCUT2D eigenvalue weighted by Gasteiger charge is -2.24. The van der Waals surface area contributed by atoms with Crippen LogP contribution in [0.15, 0.2) is 18.2 Å². The second-order valence-electron chi connectivity index (χ2n) is 3.43. The number of anilines is 1. The highest BCUT2D eigenvalue weighted by atomic mass is 19.1. The lowest BCUT2D eigenvalue weighted by molar-refractivity contribution is 0.0697. The largest absolute Gasteiger partial charge is 0.478 e. The third-order valence-corrected chi connectivity index (χ3v) is 2.41. The maximum absolute atomic E-state index is 13.7. The molecule has 0 unspecified atom stereocenters. The van der Waals surface area contributed by atoms with Gasteiger partial charge in [-0.2, -0.15) is 5.26 Å². The molecule has 1 N–H and O–H groups in total. The number of carbonyl (C=O) groups is 1. The summed E-state index contributed by atoms with van der Waals surface area (Å²) in [5.41, 5.74) is -0.0254. The van der Waals surface area contributed by atoms with Gasteiger partial charge in [0.2, 0.25) is 0 Å². The predicted octanol–water partition coefficient (Wildman–Crippen LogP) is 2.26. The second-order valence-corrected chi connectivity index (χ2v) is 3.43. The van der Waals surface area contributed by atoms with Crippen molar-refractivity contribution < 1.29 is 14.3 Å². The van der Waals surface area contributed by atoms with E-state index in [0.717, 1.165) is 0 Å². The lowest BCUT2D eigenvalue weighted by Crippen LogP contribution is -2.26. The third kappa shape index (κ3) is 2.94. The van der Waals surface area contributed by atoms with E-state index in [1.807, 2.05) is 6.07 Å². The summed E-state index contributed by atoms with van der Waals surface area (Å²) in [5.74, 6) is -1.75. The smallest absolute Gasteiger partial charge is 0.337 e. The molecule has 5 heteroatoms. The summed E-state index contributed by atoms with van der Waals surface area (Å²) in [4.78, 5) is 12.6. The third-order valence-electron chi connectivity index (χ3n) is 2.41. The Kier molecular flexibility index (Phi) is 4.46. The first-order chi connectivity index (χ1) is 8.11. The van der Waals surface area contributed by atoms with E-state index >= 15 is 0 Å². The fraction of sp³-hybridized carbons (Fsp3) is 0.333. The summed E-state index contributed by atoms with van der Waals surface area (Å²) in [6, 6.07) is 5.90. The number of carboxylic acid groups (broad SMARTS) is 1. The van der Waals surface area contributed by atoms with E-state index < -0.39 is 11.8 Å². The van der Waals surface area contributed by atoms with Crippen molar-refractivity contribution >= 4 is 11.7 Å². The highest BCUT2D eigenvalue weighted by Gasteiger charge is 2.18. The molecule has 0 spiro atoms. The van der Waals surface area contributed by atoms with Crippen LogP contribution in [0.4, 0.5) is 10.1 Å². The molecule has 0 aliphatic heterocycles. The van der Waals surface area contributed by atoms with Gasteiger partial charge in [0.15, 0.2) is 0 Å². The molecule has 0 saturated heterocycles. The average molecular weight is 236 g/mol. The normalized spacial score (nSPS) is 9.71. The molecule has 0 aromatic heterocycles. The Hall–Kier alpha value is -2.09. The topological polar surface area (TPSA) is 64.3 Å². The zero-order chi connectivity index (χ0) is 12.8. The van der Waals surface area contributed by atoms with E-state index in [1.165, 1.54) is 18.2 Å². The Labute approximate surface area is 98.9 Å². The summed E-state index contributed by atoms with van der Waals surface area (Å²) in [5, 5.41) is 17.5. The van der Waals surface area contributed by atoms with Crippen LogP contribution in [-0.4, -0.2) is 24.2 Å². The summed E-state index contributed by atoms with van der Waals surface area (Å²) in [7, 11) is 0. The van der Waals surface area contributed by atoms with Crippen molar-refractivity contribution in [3.8, 4) is 6.07 Å². The van der Waals surface area contributed by atoms with Crippen LogP contribution in [0.25, 0.3) is 0 Å². The minimum atomic E-state index is -1.17. The average Bonchev–Trinajstić information content (AvgIpc) is 2.31. The van der Waals surface area contributed by atoms with Crippen LogP contribution < -0.4 is 4.90 Å². The van der Waals surface area contributed by atoms with E-state index in [-0.39, 0.29) is 17.7 Å². The molecule has 17 heavy (non-hydrogen) atoms. The Morgan fingerprint density at radius 1 is 1.59 bits per heavy atom. The number of aromatic carboxylic acids is 1. The first-order valence-corrected chi connectivity index (χ1v) is 5.25. The molecule has 1 aromatic carbocycles. The number of benzene rings is 1. The zero-order valence-corrected chi connectivity index (χ0v) is 9.48. The van der Waals surface area contributed by atoms with Crippen LogP contribution in [0.1, 0.15) is 23.7 Å². The number of halogens is 1. The van der Waals surface area contributed by atoms with Gasteiger partial charge in [0, 0.05) is 13.1 Å². The number of carboxylic acids is 1. The molecular weight excluding hydrogens is 223 g/mol. The number of nitrogens with zero attached hydrogens (tertiary/aromatic N) is 2. The van der Waals surface area contributed by atoms with Gasteiger partial charge >= 0.3 is 5.97 Å². The van der Waals surface area contributed by atoms with Crippen LogP contribution in [0.5, 0.6) is 0 Å². The van der Waals surface area contributed by atoms with Crippen molar-refractivity contribution in [2.75, 3.05) is 18.0 Å². The van der Waals surface area contributed by atoms with E-state index in [0.29, 0.717) is 13.1 Å². The summed E-state index contributed by atoms with van der Waals surface area (Å²) < 4.78 is 13.7. The molecule has 0 fully saturated rings. The highest BCUT2D eigenvalue weighted by molar-refractivity contribution is 5.94. The summed E-state index contributed by atoms with van der Waals surface area (Å²) in [6.45, 7) is 2.55. The van der Waals surface area contributed by atoms with Gasteiger partial charge < -0.3 is 10.0 Å². The number of hydrogen-bond donors (Lipinski definition) is 1. The van der Waals surface area contributed by atoms with Crippen LogP contribution in [0.3, 0.4) is 0 Å². The molecular formula is C12H13FN2O2. The van der Waals surface area contributed by atoms with Gasteiger partial charge in [-0.1, -0.05) is 6.07 Å². The van der Waals surface area contributed by atoms with Crippen molar-refractivity contribution in [2.24, 2.45) is 0 Å². The molecule has 0 saturated carbocycles. The molecule has 1 aromatic rings. The Balaban J connectivity index is 3.17. The van der Waals surface area contributed by atoms with Crippen molar-refractivity contribution in [1.82, 2.24) is 0 Å². The molecule has 0 heterocycles. The van der Waals surface area contributed by atoms with Gasteiger partial charge in [-0.05, 0) is 19.1 Å².